The van der Waals surface area contributed by atoms with Crippen LogP contribution in [0.5, 0.6) is 11.5 Å². The maximum absolute atomic E-state index is 12.2. The number of aromatic nitrogens is 2. The Labute approximate surface area is 160 Å². The number of hydrogen-bond donors (Lipinski definition) is 1. The molecule has 0 aliphatic carbocycles. The van der Waals surface area contributed by atoms with E-state index in [1.54, 1.807) is 20.5 Å². The minimum absolute atomic E-state index is 0.102. The first kappa shape index (κ1) is 19.2. The van der Waals surface area contributed by atoms with Crippen molar-refractivity contribution < 1.29 is 14.3 Å². The van der Waals surface area contributed by atoms with Crippen LogP contribution in [0.3, 0.4) is 0 Å². The number of piperidine rings is 1. The first-order chi connectivity index (χ1) is 12.8. The number of methoxy groups -OCH3 is 2. The fraction of sp³-hybridized carbons (Fsp3) is 0.550. The molecule has 0 radical (unpaired) electrons. The van der Waals surface area contributed by atoms with Gasteiger partial charge in [-0.25, -0.2) is 9.97 Å². The first-order valence-electron chi connectivity index (χ1n) is 9.26. The lowest BCUT2D eigenvalue weighted by Gasteiger charge is -2.34. The van der Waals surface area contributed by atoms with Gasteiger partial charge in [0, 0.05) is 36.0 Å². The number of fused-ring (bicyclic) bond motifs is 1. The summed E-state index contributed by atoms with van der Waals surface area (Å²) in [5, 5.41) is 4.10. The fourth-order valence-corrected chi connectivity index (χ4v) is 3.26. The number of carbonyl (C=O) groups excluding carboxylic acids is 1. The average Bonchev–Trinajstić information content (AvgIpc) is 2.66. The second-order valence-electron chi connectivity index (χ2n) is 7.91. The highest BCUT2D eigenvalue weighted by atomic mass is 16.5. The van der Waals surface area contributed by atoms with Crippen LogP contribution in [-0.4, -0.2) is 49.2 Å². The third-order valence-electron chi connectivity index (χ3n) is 4.93. The quantitative estimate of drug-likeness (QED) is 0.889. The number of carbonyl (C=O) groups is 1. The lowest BCUT2D eigenvalue weighted by atomic mass is 9.94. The van der Waals surface area contributed by atoms with Gasteiger partial charge in [-0.3, -0.25) is 4.79 Å². The van der Waals surface area contributed by atoms with E-state index in [1.165, 1.54) is 0 Å². The zero-order chi connectivity index (χ0) is 19.6. The van der Waals surface area contributed by atoms with Crippen molar-refractivity contribution in [2.75, 3.05) is 32.2 Å². The van der Waals surface area contributed by atoms with Gasteiger partial charge in [0.25, 0.3) is 0 Å². The van der Waals surface area contributed by atoms with E-state index in [0.717, 1.165) is 42.7 Å². The Kier molecular flexibility index (Phi) is 5.39. The molecule has 0 unspecified atom stereocenters. The number of hydrogen-bond acceptors (Lipinski definition) is 6. The number of nitrogens with zero attached hydrogens (tertiary/aromatic N) is 3. The maximum atomic E-state index is 12.2. The van der Waals surface area contributed by atoms with Crippen LogP contribution in [0.4, 0.5) is 5.82 Å². The Hall–Kier alpha value is -2.57. The highest BCUT2D eigenvalue weighted by Crippen LogP contribution is 2.35. The van der Waals surface area contributed by atoms with Gasteiger partial charge in [0.15, 0.2) is 11.5 Å². The smallest absolute Gasteiger partial charge is 0.225 e. The van der Waals surface area contributed by atoms with Crippen LogP contribution in [0, 0.1) is 5.41 Å². The predicted molar refractivity (Wildman–Crippen MR) is 105 cm³/mol. The van der Waals surface area contributed by atoms with Gasteiger partial charge in [-0.2, -0.15) is 0 Å². The molecule has 1 aromatic heterocycles. The van der Waals surface area contributed by atoms with E-state index in [4.69, 9.17) is 9.47 Å². The number of benzene rings is 1. The van der Waals surface area contributed by atoms with Crippen molar-refractivity contribution in [3.05, 3.63) is 18.5 Å². The summed E-state index contributed by atoms with van der Waals surface area (Å²) in [6.07, 6.45) is 3.36. The molecule has 27 heavy (non-hydrogen) atoms. The predicted octanol–water partition coefficient (Wildman–Crippen LogP) is 2.78. The van der Waals surface area contributed by atoms with Gasteiger partial charge in [0.05, 0.1) is 19.7 Å². The Morgan fingerprint density at radius 1 is 1.11 bits per heavy atom. The Bertz CT molecular complexity index is 824. The van der Waals surface area contributed by atoms with Gasteiger partial charge in [-0.05, 0) is 18.9 Å². The second-order valence-corrected chi connectivity index (χ2v) is 7.91. The molecule has 0 saturated carbocycles. The summed E-state index contributed by atoms with van der Waals surface area (Å²) in [5.41, 5.74) is 0.455. The molecule has 1 aliphatic heterocycles. The number of anilines is 1. The van der Waals surface area contributed by atoms with Gasteiger partial charge >= 0.3 is 0 Å². The molecule has 1 saturated heterocycles. The summed E-state index contributed by atoms with van der Waals surface area (Å²) in [6.45, 7) is 7.47. The van der Waals surface area contributed by atoms with E-state index < -0.39 is 0 Å². The summed E-state index contributed by atoms with van der Waals surface area (Å²) in [5.74, 6) is 2.30. The Morgan fingerprint density at radius 3 is 2.33 bits per heavy atom. The Morgan fingerprint density at radius 2 is 1.74 bits per heavy atom. The molecule has 0 atom stereocenters. The van der Waals surface area contributed by atoms with E-state index >= 15 is 0 Å². The van der Waals surface area contributed by atoms with Gasteiger partial charge in [-0.1, -0.05) is 20.8 Å². The van der Waals surface area contributed by atoms with Crippen LogP contribution in [0.25, 0.3) is 10.9 Å². The van der Waals surface area contributed by atoms with Crippen LogP contribution in [-0.2, 0) is 4.79 Å². The molecule has 3 rings (SSSR count). The molecule has 0 bridgehead atoms. The molecule has 7 heteroatoms. The van der Waals surface area contributed by atoms with Crippen molar-refractivity contribution in [3.8, 4) is 11.5 Å². The van der Waals surface area contributed by atoms with Crippen molar-refractivity contribution >= 4 is 22.6 Å². The number of amides is 1. The summed E-state index contributed by atoms with van der Waals surface area (Å²) < 4.78 is 10.8. The van der Waals surface area contributed by atoms with E-state index in [1.807, 2.05) is 32.9 Å². The van der Waals surface area contributed by atoms with Crippen molar-refractivity contribution in [3.63, 3.8) is 0 Å². The van der Waals surface area contributed by atoms with E-state index in [-0.39, 0.29) is 17.4 Å². The molecule has 2 aromatic rings. The van der Waals surface area contributed by atoms with Crippen LogP contribution in [0.1, 0.15) is 33.6 Å². The largest absolute Gasteiger partial charge is 0.493 e. The molecule has 1 fully saturated rings. The average molecular weight is 372 g/mol. The molecule has 146 valence electrons. The van der Waals surface area contributed by atoms with Crippen molar-refractivity contribution in [1.29, 1.82) is 0 Å². The molecule has 1 N–H and O–H groups in total. The minimum Gasteiger partial charge on any atom is -0.493 e. The highest BCUT2D eigenvalue weighted by molar-refractivity contribution is 5.92. The van der Waals surface area contributed by atoms with Gasteiger partial charge in [-0.15, -0.1) is 0 Å². The standard InChI is InChI=1S/C20H28N4O3/c1-20(2,3)19(25)23-13-6-8-24(9-7-13)18-14-10-16(26-4)17(27-5)11-15(14)21-12-22-18/h10-13H,6-9H2,1-5H3,(H,23,25). The van der Waals surface area contributed by atoms with Crippen molar-refractivity contribution in [1.82, 2.24) is 15.3 Å². The molecule has 1 amide bonds. The summed E-state index contributed by atoms with van der Waals surface area (Å²) in [6, 6.07) is 4.00. The molecule has 2 heterocycles. The Balaban J connectivity index is 1.78. The van der Waals surface area contributed by atoms with Crippen LogP contribution < -0.4 is 19.7 Å². The lowest BCUT2D eigenvalue weighted by Crippen LogP contribution is -2.48. The molecular weight excluding hydrogens is 344 g/mol. The third-order valence-corrected chi connectivity index (χ3v) is 4.93. The maximum Gasteiger partial charge on any atom is 0.225 e. The molecule has 1 aromatic carbocycles. The van der Waals surface area contributed by atoms with Gasteiger partial charge in [0.1, 0.15) is 12.1 Å². The SMILES string of the molecule is COc1cc2ncnc(N3CCC(NC(=O)C(C)(C)C)CC3)c2cc1OC. The van der Waals surface area contributed by atoms with E-state index in [0.29, 0.717) is 11.5 Å². The second kappa shape index (κ2) is 7.58. The van der Waals surface area contributed by atoms with Crippen LogP contribution in [0.15, 0.2) is 18.5 Å². The first-order valence-corrected chi connectivity index (χ1v) is 9.26. The number of rotatable bonds is 4. The molecule has 1 aliphatic rings. The van der Waals surface area contributed by atoms with E-state index in [9.17, 15) is 4.79 Å². The normalized spacial score (nSPS) is 15.7. The summed E-state index contributed by atoms with van der Waals surface area (Å²) in [4.78, 5) is 23.4. The van der Waals surface area contributed by atoms with Crippen LogP contribution >= 0.6 is 0 Å². The summed E-state index contributed by atoms with van der Waals surface area (Å²) >= 11 is 0. The molecular formula is C20H28N4O3. The van der Waals surface area contributed by atoms with Gasteiger partial charge < -0.3 is 19.7 Å². The third kappa shape index (κ3) is 4.07. The van der Waals surface area contributed by atoms with Crippen LogP contribution in [0.2, 0.25) is 0 Å². The lowest BCUT2D eigenvalue weighted by molar-refractivity contribution is -0.129. The molecule has 7 nitrogen and oxygen atoms in total. The number of ether oxygens (including phenoxy) is 2. The highest BCUT2D eigenvalue weighted by Gasteiger charge is 2.27. The van der Waals surface area contributed by atoms with Crippen molar-refractivity contribution in [2.24, 2.45) is 5.41 Å². The topological polar surface area (TPSA) is 76.6 Å². The summed E-state index contributed by atoms with van der Waals surface area (Å²) in [7, 11) is 3.24. The van der Waals surface area contributed by atoms with Gasteiger partial charge in [0.2, 0.25) is 5.91 Å². The molecule has 0 spiro atoms. The monoisotopic (exact) mass is 372 g/mol. The minimum atomic E-state index is -0.365. The van der Waals surface area contributed by atoms with E-state index in [2.05, 4.69) is 20.2 Å². The number of nitrogens with one attached hydrogen (secondary N) is 1. The fourth-order valence-electron chi connectivity index (χ4n) is 3.26. The zero-order valence-electron chi connectivity index (χ0n) is 16.7. The zero-order valence-corrected chi connectivity index (χ0v) is 16.7. The van der Waals surface area contributed by atoms with Crippen molar-refractivity contribution in [2.45, 2.75) is 39.7 Å².